The number of rotatable bonds is 1. The van der Waals surface area contributed by atoms with E-state index in [1.165, 1.54) is 10.4 Å². The van der Waals surface area contributed by atoms with E-state index in [1.54, 1.807) is 20.7 Å². The smallest absolute Gasteiger partial charge is 0.0657 e. The molecule has 0 saturated carbocycles. The van der Waals surface area contributed by atoms with Crippen LogP contribution in [0.25, 0.3) is 10.4 Å². The first-order valence-electron chi connectivity index (χ1n) is 3.61. The molecule has 0 nitrogen and oxygen atoms in total. The van der Waals surface area contributed by atoms with Crippen LogP contribution in [0.2, 0.25) is 4.34 Å². The molecule has 13 heavy (non-hydrogen) atoms. The summed E-state index contributed by atoms with van der Waals surface area (Å²) in [5, 5.41) is 0. The van der Waals surface area contributed by atoms with Gasteiger partial charge in [-0.2, -0.15) is 0 Å². The van der Waals surface area contributed by atoms with Gasteiger partial charge in [-0.1, -0.05) is 29.8 Å². The molecule has 0 N–H and O–H groups in total. The summed E-state index contributed by atoms with van der Waals surface area (Å²) in [7, 11) is 3.28. The van der Waals surface area contributed by atoms with Crippen molar-refractivity contribution in [3.05, 3.63) is 39.1 Å². The lowest BCUT2D eigenvalue weighted by atomic mass is 10.2. The van der Waals surface area contributed by atoms with Crippen LogP contribution in [0.5, 0.6) is 0 Å². The molecule has 0 saturated heterocycles. The van der Waals surface area contributed by atoms with E-state index in [0.29, 0.717) is 0 Å². The van der Waals surface area contributed by atoms with Gasteiger partial charge in [-0.05, 0) is 28.1 Å². The minimum absolute atomic E-state index is 0.823. The molecular formula is C9H5BrClS2+. The average Bonchev–Trinajstić information content (AvgIpc) is 2.49. The van der Waals surface area contributed by atoms with Crippen LogP contribution >= 0.6 is 48.2 Å². The summed E-state index contributed by atoms with van der Waals surface area (Å²) < 4.78 is 1.83. The second kappa shape index (κ2) is 4.05. The molecule has 0 fully saturated rings. The third kappa shape index (κ3) is 1.94. The lowest BCUT2D eigenvalue weighted by Gasteiger charge is -1.88. The summed E-state index contributed by atoms with van der Waals surface area (Å²) in [6.45, 7) is 0. The zero-order chi connectivity index (χ0) is 9.26. The van der Waals surface area contributed by atoms with Crippen molar-refractivity contribution in [1.82, 2.24) is 0 Å². The fraction of sp³-hybridized carbons (Fsp3) is 0. The van der Waals surface area contributed by atoms with Crippen LogP contribution in [-0.2, 0) is 0 Å². The topological polar surface area (TPSA) is 0 Å². The van der Waals surface area contributed by atoms with Gasteiger partial charge in [0.15, 0.2) is 14.7 Å². The summed E-state index contributed by atoms with van der Waals surface area (Å²) >= 11 is 9.44. The highest BCUT2D eigenvalue weighted by Gasteiger charge is 2.21. The van der Waals surface area contributed by atoms with Crippen molar-refractivity contribution in [1.29, 1.82) is 0 Å². The van der Waals surface area contributed by atoms with Crippen molar-refractivity contribution in [2.24, 2.45) is 0 Å². The van der Waals surface area contributed by atoms with Gasteiger partial charge in [0, 0.05) is 5.56 Å². The van der Waals surface area contributed by atoms with Gasteiger partial charge >= 0.3 is 10.3 Å². The Balaban J connectivity index is 2.53. The van der Waals surface area contributed by atoms with Crippen LogP contribution in [0.3, 0.4) is 0 Å². The van der Waals surface area contributed by atoms with Crippen LogP contribution < -0.4 is 0 Å². The van der Waals surface area contributed by atoms with Gasteiger partial charge in [-0.15, -0.1) is 0 Å². The largest absolute Gasteiger partial charge is 0.303 e. The Bertz CT molecular complexity index is 411. The molecule has 0 aliphatic carbocycles. The molecule has 1 aromatic carbocycles. The van der Waals surface area contributed by atoms with Gasteiger partial charge in [0.2, 0.25) is 0 Å². The zero-order valence-electron chi connectivity index (χ0n) is 6.46. The second-order valence-electron chi connectivity index (χ2n) is 2.45. The Morgan fingerprint density at radius 3 is 2.46 bits per heavy atom. The SMILES string of the molecule is Clc1s[s+]c(-c2ccccc2)c1Br. The maximum Gasteiger partial charge on any atom is 0.303 e. The average molecular weight is 293 g/mol. The third-order valence-electron chi connectivity index (χ3n) is 1.61. The Kier molecular flexibility index (Phi) is 2.99. The zero-order valence-corrected chi connectivity index (χ0v) is 10.4. The molecule has 1 heterocycles. The van der Waals surface area contributed by atoms with Gasteiger partial charge in [0.05, 0.1) is 0 Å². The van der Waals surface area contributed by atoms with Crippen molar-refractivity contribution < 1.29 is 0 Å². The summed E-state index contributed by atoms with van der Waals surface area (Å²) in [5.74, 6) is 0. The van der Waals surface area contributed by atoms with Crippen LogP contribution in [-0.4, -0.2) is 0 Å². The highest BCUT2D eigenvalue weighted by Crippen LogP contribution is 2.43. The molecule has 0 spiro atoms. The quantitative estimate of drug-likeness (QED) is 0.502. The molecule has 0 radical (unpaired) electrons. The van der Waals surface area contributed by atoms with Crippen molar-refractivity contribution in [3.63, 3.8) is 0 Å². The summed E-state index contributed by atoms with van der Waals surface area (Å²) in [6.07, 6.45) is 0. The summed E-state index contributed by atoms with van der Waals surface area (Å²) in [4.78, 5) is 1.20. The van der Waals surface area contributed by atoms with Gasteiger partial charge in [-0.25, -0.2) is 0 Å². The van der Waals surface area contributed by atoms with Crippen LogP contribution in [0.1, 0.15) is 0 Å². The van der Waals surface area contributed by atoms with E-state index in [2.05, 4.69) is 28.1 Å². The van der Waals surface area contributed by atoms with Crippen molar-refractivity contribution in [2.75, 3.05) is 0 Å². The first-order chi connectivity index (χ1) is 6.29. The molecule has 0 atom stereocenters. The third-order valence-corrected chi connectivity index (χ3v) is 6.14. The van der Waals surface area contributed by atoms with Gasteiger partial charge in [-0.3, -0.25) is 0 Å². The fourth-order valence-corrected chi connectivity index (χ4v) is 4.86. The predicted molar refractivity (Wildman–Crippen MR) is 64.7 cm³/mol. The first kappa shape index (κ1) is 9.59. The van der Waals surface area contributed by atoms with E-state index in [9.17, 15) is 0 Å². The summed E-state index contributed by atoms with van der Waals surface area (Å²) in [5.41, 5.74) is 1.21. The Labute approximate surface area is 97.3 Å². The molecule has 0 aliphatic rings. The Morgan fingerprint density at radius 2 is 1.92 bits per heavy atom. The summed E-state index contributed by atoms with van der Waals surface area (Å²) in [6, 6.07) is 10.2. The Morgan fingerprint density at radius 1 is 1.23 bits per heavy atom. The molecule has 1 aromatic heterocycles. The minimum atomic E-state index is 0.823. The number of hydrogen-bond donors (Lipinski definition) is 0. The monoisotopic (exact) mass is 291 g/mol. The molecule has 2 rings (SSSR count). The molecule has 0 aliphatic heterocycles. The van der Waals surface area contributed by atoms with Crippen molar-refractivity contribution in [2.45, 2.75) is 0 Å². The van der Waals surface area contributed by atoms with E-state index >= 15 is 0 Å². The molecule has 0 bridgehead atoms. The number of benzene rings is 1. The standard InChI is InChI=1S/C9H5BrClS2/c10-7-8(12-13-9(7)11)6-4-2-1-3-5-6/h1-5H/q+1. The molecule has 2 aromatic rings. The normalized spacial score (nSPS) is 10.3. The van der Waals surface area contributed by atoms with Gasteiger partial charge in [0.25, 0.3) is 4.88 Å². The number of hydrogen-bond acceptors (Lipinski definition) is 1. The van der Waals surface area contributed by atoms with E-state index in [4.69, 9.17) is 11.6 Å². The lowest BCUT2D eigenvalue weighted by Crippen LogP contribution is -1.70. The minimum Gasteiger partial charge on any atom is -0.0657 e. The van der Waals surface area contributed by atoms with Gasteiger partial charge < -0.3 is 0 Å². The molecule has 0 amide bonds. The van der Waals surface area contributed by atoms with E-state index in [-0.39, 0.29) is 0 Å². The van der Waals surface area contributed by atoms with Gasteiger partial charge in [0.1, 0.15) is 4.47 Å². The van der Waals surface area contributed by atoms with Crippen LogP contribution in [0, 0.1) is 0 Å². The predicted octanol–water partition coefficient (Wildman–Crippen LogP) is 5.17. The van der Waals surface area contributed by atoms with E-state index in [1.807, 2.05) is 18.2 Å². The molecule has 4 heteroatoms. The molecule has 66 valence electrons. The highest BCUT2D eigenvalue weighted by atomic mass is 79.9. The lowest BCUT2D eigenvalue weighted by molar-refractivity contribution is 1.69. The molecular weight excluding hydrogens is 288 g/mol. The van der Waals surface area contributed by atoms with Crippen LogP contribution in [0.4, 0.5) is 0 Å². The Hall–Kier alpha value is 0.0400. The molecule has 0 unspecified atom stereocenters. The maximum absolute atomic E-state index is 5.96. The highest BCUT2D eigenvalue weighted by molar-refractivity contribution is 9.10. The van der Waals surface area contributed by atoms with Crippen LogP contribution in [0.15, 0.2) is 34.8 Å². The fourth-order valence-electron chi connectivity index (χ4n) is 1.01. The maximum atomic E-state index is 5.96. The van der Waals surface area contributed by atoms with E-state index in [0.717, 1.165) is 8.81 Å². The van der Waals surface area contributed by atoms with E-state index < -0.39 is 0 Å². The van der Waals surface area contributed by atoms with Crippen molar-refractivity contribution >= 4 is 48.2 Å². The first-order valence-corrected chi connectivity index (χ1v) is 6.93. The second-order valence-corrected chi connectivity index (χ2v) is 5.99. The van der Waals surface area contributed by atoms with Crippen molar-refractivity contribution in [3.8, 4) is 10.4 Å². The number of halogens is 2.